The first-order valence-electron chi connectivity index (χ1n) is 4.68. The molecule has 3 nitrogen and oxygen atoms in total. The van der Waals surface area contributed by atoms with Crippen molar-refractivity contribution in [2.24, 2.45) is 0 Å². The summed E-state index contributed by atoms with van der Waals surface area (Å²) in [5, 5.41) is 0. The van der Waals surface area contributed by atoms with Gasteiger partial charge in [-0.1, -0.05) is 13.8 Å². The maximum Gasteiger partial charge on any atom is 0.281 e. The summed E-state index contributed by atoms with van der Waals surface area (Å²) < 4.78 is 16.3. The topological polar surface area (TPSA) is 27.7 Å². The maximum atomic E-state index is 5.49. The van der Waals surface area contributed by atoms with Crippen molar-refractivity contribution in [3.05, 3.63) is 0 Å². The average molecular weight is 224 g/mol. The molecule has 0 aliphatic carbocycles. The minimum atomic E-state index is -0.888. The number of thiol groups is 1. The zero-order valence-electron chi connectivity index (χ0n) is 8.71. The van der Waals surface area contributed by atoms with Crippen molar-refractivity contribution in [2.45, 2.75) is 32.7 Å². The van der Waals surface area contributed by atoms with Gasteiger partial charge in [-0.25, -0.2) is 0 Å². The van der Waals surface area contributed by atoms with E-state index in [4.69, 9.17) is 13.9 Å². The molecule has 0 radical (unpaired) electrons. The molecule has 0 bridgehead atoms. The van der Waals surface area contributed by atoms with E-state index in [9.17, 15) is 0 Å². The van der Waals surface area contributed by atoms with Crippen LogP contribution in [0.15, 0.2) is 0 Å². The Morgan fingerprint density at radius 2 is 1.62 bits per heavy atom. The van der Waals surface area contributed by atoms with Crippen LogP contribution in [-0.4, -0.2) is 35.4 Å². The SMILES string of the molecule is CCCOC(CS)(O[SiH3])OCCC. The molecular weight excluding hydrogens is 204 g/mol. The van der Waals surface area contributed by atoms with Crippen LogP contribution in [0, 0.1) is 0 Å². The van der Waals surface area contributed by atoms with Crippen molar-refractivity contribution >= 4 is 23.1 Å². The lowest BCUT2D eigenvalue weighted by atomic mass is 10.5. The van der Waals surface area contributed by atoms with Gasteiger partial charge in [0, 0.05) is 0 Å². The van der Waals surface area contributed by atoms with Crippen LogP contribution in [0.2, 0.25) is 0 Å². The van der Waals surface area contributed by atoms with Gasteiger partial charge in [-0.3, -0.25) is 0 Å². The van der Waals surface area contributed by atoms with Gasteiger partial charge in [0.05, 0.1) is 19.0 Å². The van der Waals surface area contributed by atoms with E-state index < -0.39 is 5.97 Å². The van der Waals surface area contributed by atoms with Gasteiger partial charge in [0.15, 0.2) is 10.5 Å². The van der Waals surface area contributed by atoms with Crippen molar-refractivity contribution in [1.29, 1.82) is 0 Å². The predicted octanol–water partition coefficient (Wildman–Crippen LogP) is 0.720. The summed E-state index contributed by atoms with van der Waals surface area (Å²) in [7, 11) is 0.590. The maximum absolute atomic E-state index is 5.49. The summed E-state index contributed by atoms with van der Waals surface area (Å²) >= 11 is 4.17. The van der Waals surface area contributed by atoms with E-state index >= 15 is 0 Å². The third-order valence-corrected chi connectivity index (χ3v) is 2.57. The molecule has 0 aromatic rings. The largest absolute Gasteiger partial charge is 0.380 e. The zero-order chi connectivity index (χ0) is 10.2. The molecule has 0 unspecified atom stereocenters. The molecule has 0 saturated heterocycles. The molecule has 0 aromatic carbocycles. The van der Waals surface area contributed by atoms with Gasteiger partial charge in [0.2, 0.25) is 0 Å². The lowest BCUT2D eigenvalue weighted by Crippen LogP contribution is -2.41. The van der Waals surface area contributed by atoms with Crippen molar-refractivity contribution in [2.75, 3.05) is 19.0 Å². The Balaban J connectivity index is 3.97. The lowest BCUT2D eigenvalue weighted by Gasteiger charge is -2.30. The molecule has 13 heavy (non-hydrogen) atoms. The molecule has 80 valence electrons. The van der Waals surface area contributed by atoms with Crippen LogP contribution in [-0.2, 0) is 13.9 Å². The predicted molar refractivity (Wildman–Crippen MR) is 60.1 cm³/mol. The summed E-state index contributed by atoms with van der Waals surface area (Å²) in [4.78, 5) is 0. The van der Waals surface area contributed by atoms with E-state index in [1.165, 1.54) is 0 Å². The standard InChI is InChI=1S/C8H20O3SSi/c1-3-5-9-8(7-12,11-13)10-6-4-2/h12H,3-7H2,1-2,13H3. The molecule has 0 fully saturated rings. The number of ether oxygens (including phenoxy) is 2. The number of hydrogen-bond acceptors (Lipinski definition) is 4. The second-order valence-corrected chi connectivity index (χ2v) is 3.47. The highest BCUT2D eigenvalue weighted by atomic mass is 32.1. The summed E-state index contributed by atoms with van der Waals surface area (Å²) in [6, 6.07) is 0. The Hall–Kier alpha value is 0.447. The summed E-state index contributed by atoms with van der Waals surface area (Å²) in [5.41, 5.74) is 0. The molecule has 0 amide bonds. The Morgan fingerprint density at radius 1 is 1.15 bits per heavy atom. The highest BCUT2D eigenvalue weighted by Gasteiger charge is 2.29. The summed E-state index contributed by atoms with van der Waals surface area (Å²) in [6.45, 7) is 5.39. The molecular formula is C8H20O3SSi. The minimum absolute atomic E-state index is 0.441. The first kappa shape index (κ1) is 13.4. The van der Waals surface area contributed by atoms with Crippen molar-refractivity contribution in [3.63, 3.8) is 0 Å². The van der Waals surface area contributed by atoms with Crippen molar-refractivity contribution in [3.8, 4) is 0 Å². The molecule has 0 spiro atoms. The van der Waals surface area contributed by atoms with Crippen LogP contribution in [0.5, 0.6) is 0 Å². The fourth-order valence-electron chi connectivity index (χ4n) is 0.830. The smallest absolute Gasteiger partial charge is 0.281 e. The Labute approximate surface area is 89.1 Å². The molecule has 0 aromatic heterocycles. The van der Waals surface area contributed by atoms with Crippen molar-refractivity contribution < 1.29 is 13.9 Å². The third-order valence-electron chi connectivity index (χ3n) is 1.56. The third kappa shape index (κ3) is 5.02. The first-order valence-corrected chi connectivity index (χ1v) is 6.13. The second kappa shape index (κ2) is 7.81. The van der Waals surface area contributed by atoms with Crippen LogP contribution in [0.25, 0.3) is 0 Å². The van der Waals surface area contributed by atoms with E-state index in [-0.39, 0.29) is 0 Å². The van der Waals surface area contributed by atoms with Gasteiger partial charge in [-0.05, 0) is 12.8 Å². The number of hydrogen-bond donors (Lipinski definition) is 1. The molecule has 5 heteroatoms. The quantitative estimate of drug-likeness (QED) is 0.374. The fourth-order valence-corrected chi connectivity index (χ4v) is 1.77. The molecule has 0 rings (SSSR count). The molecule has 0 N–H and O–H groups in total. The first-order chi connectivity index (χ1) is 6.24. The Bertz CT molecular complexity index is 110. The lowest BCUT2D eigenvalue weighted by molar-refractivity contribution is -0.328. The number of rotatable bonds is 8. The van der Waals surface area contributed by atoms with Gasteiger partial charge in [0.1, 0.15) is 0 Å². The van der Waals surface area contributed by atoms with Crippen LogP contribution in [0.4, 0.5) is 0 Å². The van der Waals surface area contributed by atoms with Gasteiger partial charge in [-0.2, -0.15) is 12.6 Å². The van der Waals surface area contributed by atoms with Crippen LogP contribution in [0.1, 0.15) is 26.7 Å². The van der Waals surface area contributed by atoms with Crippen molar-refractivity contribution in [1.82, 2.24) is 0 Å². The Kier molecular flexibility index (Phi) is 8.08. The zero-order valence-corrected chi connectivity index (χ0v) is 11.6. The Morgan fingerprint density at radius 3 is 1.85 bits per heavy atom. The summed E-state index contributed by atoms with van der Waals surface area (Å²) in [5.74, 6) is -0.447. The van der Waals surface area contributed by atoms with E-state index in [0.29, 0.717) is 29.5 Å². The van der Waals surface area contributed by atoms with Gasteiger partial charge in [-0.15, -0.1) is 0 Å². The van der Waals surface area contributed by atoms with Crippen LogP contribution in [0.3, 0.4) is 0 Å². The monoisotopic (exact) mass is 224 g/mol. The van der Waals surface area contributed by atoms with E-state index in [0.717, 1.165) is 12.8 Å². The second-order valence-electron chi connectivity index (χ2n) is 2.74. The molecule has 0 atom stereocenters. The van der Waals surface area contributed by atoms with E-state index in [1.807, 2.05) is 0 Å². The highest BCUT2D eigenvalue weighted by molar-refractivity contribution is 7.80. The average Bonchev–Trinajstić information content (AvgIpc) is 2.20. The molecule has 0 saturated carbocycles. The van der Waals surface area contributed by atoms with Crippen LogP contribution < -0.4 is 0 Å². The van der Waals surface area contributed by atoms with E-state index in [1.54, 1.807) is 0 Å². The normalized spacial score (nSPS) is 12.2. The molecule has 0 aliphatic rings. The molecule has 0 aliphatic heterocycles. The molecule has 0 heterocycles. The van der Waals surface area contributed by atoms with Gasteiger partial charge < -0.3 is 13.9 Å². The van der Waals surface area contributed by atoms with E-state index in [2.05, 4.69) is 26.5 Å². The fraction of sp³-hybridized carbons (Fsp3) is 1.00. The summed E-state index contributed by atoms with van der Waals surface area (Å²) in [6.07, 6.45) is 1.91. The van der Waals surface area contributed by atoms with Crippen LogP contribution >= 0.6 is 12.6 Å². The van der Waals surface area contributed by atoms with Gasteiger partial charge in [0.25, 0.3) is 5.97 Å². The highest BCUT2D eigenvalue weighted by Crippen LogP contribution is 2.16. The van der Waals surface area contributed by atoms with Gasteiger partial charge >= 0.3 is 0 Å². The minimum Gasteiger partial charge on any atom is -0.380 e.